The number of ether oxygens (including phenoxy) is 1. The number of nitrogens with one attached hydrogen (secondary N) is 1. The number of rotatable bonds is 7. The smallest absolute Gasteiger partial charge is 0.293 e. The molecular weight excluding hydrogens is 443 g/mol. The number of hydrogen-bond donors (Lipinski definition) is 1. The number of imide groups is 1. The van der Waals surface area contributed by atoms with Crippen molar-refractivity contribution < 1.29 is 23.5 Å². The monoisotopic (exact) mass is 462 g/mol. The van der Waals surface area contributed by atoms with Crippen molar-refractivity contribution in [1.29, 1.82) is 0 Å². The maximum atomic E-state index is 14.0. The van der Waals surface area contributed by atoms with Crippen LogP contribution in [-0.2, 0) is 16.1 Å². The van der Waals surface area contributed by atoms with Crippen LogP contribution in [0.1, 0.15) is 11.1 Å². The lowest BCUT2D eigenvalue weighted by Gasteiger charge is -2.13. The quantitative estimate of drug-likeness (QED) is 0.496. The van der Waals surface area contributed by atoms with E-state index in [1.165, 1.54) is 18.2 Å². The molecule has 0 spiro atoms. The first kappa shape index (κ1) is 22.3. The molecule has 3 amide bonds. The minimum Gasteiger partial charge on any atom is -0.483 e. The van der Waals surface area contributed by atoms with Crippen LogP contribution in [0, 0.1) is 5.82 Å². The van der Waals surface area contributed by atoms with Crippen molar-refractivity contribution in [3.8, 4) is 5.75 Å². The highest BCUT2D eigenvalue weighted by Crippen LogP contribution is 2.35. The third-order valence-corrected chi connectivity index (χ3v) is 5.69. The molecule has 33 heavy (non-hydrogen) atoms. The molecule has 0 aliphatic carbocycles. The number of thioether (sulfide) groups is 1. The number of carbonyl (C=O) groups excluding carboxylic acids is 3. The van der Waals surface area contributed by atoms with Gasteiger partial charge in [0.05, 0.1) is 11.4 Å². The van der Waals surface area contributed by atoms with Crippen molar-refractivity contribution in [1.82, 2.24) is 4.90 Å². The van der Waals surface area contributed by atoms with Gasteiger partial charge in [-0.3, -0.25) is 19.3 Å². The van der Waals surface area contributed by atoms with Gasteiger partial charge in [-0.1, -0.05) is 54.6 Å². The van der Waals surface area contributed by atoms with Gasteiger partial charge in [-0.05, 0) is 42.1 Å². The second-order valence-electron chi connectivity index (χ2n) is 7.10. The fourth-order valence-electron chi connectivity index (χ4n) is 3.17. The van der Waals surface area contributed by atoms with Crippen LogP contribution in [0.3, 0.4) is 0 Å². The lowest BCUT2D eigenvalue weighted by molar-refractivity contribution is -0.123. The number of anilines is 1. The Morgan fingerprint density at radius 2 is 1.67 bits per heavy atom. The summed E-state index contributed by atoms with van der Waals surface area (Å²) < 4.78 is 19.6. The Morgan fingerprint density at radius 3 is 2.45 bits per heavy atom. The number of nitrogens with zero attached hydrogens (tertiary/aromatic N) is 1. The Kier molecular flexibility index (Phi) is 6.85. The third-order valence-electron chi connectivity index (χ3n) is 4.78. The van der Waals surface area contributed by atoms with E-state index in [9.17, 15) is 18.8 Å². The van der Waals surface area contributed by atoms with Gasteiger partial charge in [-0.25, -0.2) is 4.39 Å². The van der Waals surface area contributed by atoms with E-state index in [0.717, 1.165) is 16.7 Å². The number of para-hydroxylation sites is 2. The van der Waals surface area contributed by atoms with E-state index in [1.807, 2.05) is 18.2 Å². The van der Waals surface area contributed by atoms with Crippen molar-refractivity contribution in [2.75, 3.05) is 11.9 Å². The third kappa shape index (κ3) is 5.48. The average Bonchev–Trinajstić information content (AvgIpc) is 3.08. The first-order chi connectivity index (χ1) is 16.0. The van der Waals surface area contributed by atoms with Gasteiger partial charge in [0.2, 0.25) is 0 Å². The van der Waals surface area contributed by atoms with E-state index in [2.05, 4.69) is 5.32 Å². The second kappa shape index (κ2) is 10.1. The Morgan fingerprint density at radius 1 is 0.970 bits per heavy atom. The fourth-order valence-corrected chi connectivity index (χ4v) is 4.00. The predicted molar refractivity (Wildman–Crippen MR) is 125 cm³/mol. The standard InChI is InChI=1S/C25H19FN2O4S/c26-20-12-6-4-9-18(20)15-28-24(30)22(33-25(28)31)14-17-8-5-7-13-21(17)32-16-23(29)27-19-10-2-1-3-11-19/h1-14H,15-16H2,(H,27,29)/b22-14-. The summed E-state index contributed by atoms with van der Waals surface area (Å²) in [5, 5.41) is 2.25. The molecular formula is C25H19FN2O4S. The number of halogens is 1. The maximum absolute atomic E-state index is 14.0. The van der Waals surface area contributed by atoms with E-state index >= 15 is 0 Å². The van der Waals surface area contributed by atoms with Gasteiger partial charge >= 0.3 is 0 Å². The van der Waals surface area contributed by atoms with Crippen LogP contribution in [0.5, 0.6) is 5.75 Å². The highest BCUT2D eigenvalue weighted by molar-refractivity contribution is 8.18. The Bertz CT molecular complexity index is 1230. The molecule has 0 radical (unpaired) electrons. The molecule has 3 aromatic carbocycles. The number of hydrogen-bond acceptors (Lipinski definition) is 5. The van der Waals surface area contributed by atoms with Gasteiger partial charge in [0.15, 0.2) is 6.61 Å². The van der Waals surface area contributed by atoms with Crippen LogP contribution in [0.25, 0.3) is 6.08 Å². The van der Waals surface area contributed by atoms with E-state index in [1.54, 1.807) is 48.5 Å². The zero-order chi connectivity index (χ0) is 23.2. The molecule has 4 rings (SSSR count). The van der Waals surface area contributed by atoms with Gasteiger partial charge < -0.3 is 10.1 Å². The first-order valence-electron chi connectivity index (χ1n) is 10.1. The molecule has 1 N–H and O–H groups in total. The normalized spacial score (nSPS) is 14.6. The number of carbonyl (C=O) groups is 3. The molecule has 1 aliphatic rings. The summed E-state index contributed by atoms with van der Waals surface area (Å²) in [4.78, 5) is 38.6. The molecule has 6 nitrogen and oxygen atoms in total. The van der Waals surface area contributed by atoms with E-state index in [4.69, 9.17) is 4.74 Å². The molecule has 0 atom stereocenters. The first-order valence-corrected chi connectivity index (χ1v) is 10.9. The summed E-state index contributed by atoms with van der Waals surface area (Å²) in [6.45, 7) is -0.374. The van der Waals surface area contributed by atoms with Crippen molar-refractivity contribution >= 4 is 40.6 Å². The lowest BCUT2D eigenvalue weighted by atomic mass is 10.1. The van der Waals surface area contributed by atoms with Gasteiger partial charge in [0.25, 0.3) is 17.1 Å². The molecule has 0 bridgehead atoms. The van der Waals surface area contributed by atoms with Gasteiger partial charge in [0.1, 0.15) is 11.6 Å². The Balaban J connectivity index is 1.46. The van der Waals surface area contributed by atoms with Crippen LogP contribution >= 0.6 is 11.8 Å². The predicted octanol–water partition coefficient (Wildman–Crippen LogP) is 5.08. The minimum absolute atomic E-state index is 0.146. The average molecular weight is 463 g/mol. The van der Waals surface area contributed by atoms with E-state index < -0.39 is 17.0 Å². The van der Waals surface area contributed by atoms with E-state index in [0.29, 0.717) is 17.0 Å². The van der Waals surface area contributed by atoms with Gasteiger partial charge in [-0.15, -0.1) is 0 Å². The Hall–Kier alpha value is -3.91. The molecule has 1 saturated heterocycles. The maximum Gasteiger partial charge on any atom is 0.293 e. The fraction of sp³-hybridized carbons (Fsp3) is 0.0800. The van der Waals surface area contributed by atoms with Crippen molar-refractivity contribution in [2.45, 2.75) is 6.54 Å². The number of benzene rings is 3. The molecule has 166 valence electrons. The summed E-state index contributed by atoms with van der Waals surface area (Å²) in [7, 11) is 0. The van der Waals surface area contributed by atoms with Crippen LogP contribution in [0.2, 0.25) is 0 Å². The highest BCUT2D eigenvalue weighted by atomic mass is 32.2. The Labute approximate surface area is 194 Å². The summed E-state index contributed by atoms with van der Waals surface area (Å²) in [5.74, 6) is -0.930. The molecule has 1 aliphatic heterocycles. The van der Waals surface area contributed by atoms with Crippen molar-refractivity contribution in [3.63, 3.8) is 0 Å². The molecule has 3 aromatic rings. The largest absolute Gasteiger partial charge is 0.483 e. The lowest BCUT2D eigenvalue weighted by Crippen LogP contribution is -2.27. The van der Waals surface area contributed by atoms with Crippen LogP contribution in [0.15, 0.2) is 83.8 Å². The van der Waals surface area contributed by atoms with Crippen LogP contribution < -0.4 is 10.1 Å². The van der Waals surface area contributed by atoms with Crippen molar-refractivity contribution in [3.05, 3.63) is 101 Å². The number of amides is 3. The molecule has 8 heteroatoms. The van der Waals surface area contributed by atoms with Gasteiger partial charge in [-0.2, -0.15) is 0 Å². The van der Waals surface area contributed by atoms with Crippen molar-refractivity contribution in [2.24, 2.45) is 0 Å². The zero-order valence-electron chi connectivity index (χ0n) is 17.4. The topological polar surface area (TPSA) is 75.7 Å². The molecule has 1 heterocycles. The summed E-state index contributed by atoms with van der Waals surface area (Å²) in [6, 6.07) is 21.9. The van der Waals surface area contributed by atoms with Crippen LogP contribution in [-0.4, -0.2) is 28.6 Å². The van der Waals surface area contributed by atoms with Crippen LogP contribution in [0.4, 0.5) is 14.9 Å². The summed E-state index contributed by atoms with van der Waals surface area (Å²) >= 11 is 0.778. The summed E-state index contributed by atoms with van der Waals surface area (Å²) in [6.07, 6.45) is 1.54. The zero-order valence-corrected chi connectivity index (χ0v) is 18.2. The highest BCUT2D eigenvalue weighted by Gasteiger charge is 2.35. The molecule has 0 unspecified atom stereocenters. The molecule has 0 saturated carbocycles. The minimum atomic E-state index is -0.509. The summed E-state index contributed by atoms with van der Waals surface area (Å²) in [5.41, 5.74) is 1.46. The van der Waals surface area contributed by atoms with E-state index in [-0.39, 0.29) is 29.5 Å². The molecule has 0 aromatic heterocycles. The SMILES string of the molecule is O=C(COc1ccccc1/C=C1\SC(=O)N(Cc2ccccc2F)C1=O)Nc1ccccc1. The molecule has 1 fully saturated rings. The second-order valence-corrected chi connectivity index (χ2v) is 8.09. The van der Waals surface area contributed by atoms with Gasteiger partial charge in [0, 0.05) is 16.8 Å².